The van der Waals surface area contributed by atoms with Gasteiger partial charge in [-0.25, -0.2) is 8.78 Å². The van der Waals surface area contributed by atoms with Crippen LogP contribution in [0.2, 0.25) is 0 Å². The summed E-state index contributed by atoms with van der Waals surface area (Å²) >= 11 is 1.60. The van der Waals surface area contributed by atoms with E-state index in [2.05, 4.69) is 15.1 Å². The predicted octanol–water partition coefficient (Wildman–Crippen LogP) is 4.76. The van der Waals surface area contributed by atoms with Crippen molar-refractivity contribution in [3.63, 3.8) is 0 Å². The van der Waals surface area contributed by atoms with Crippen molar-refractivity contribution in [3.05, 3.63) is 58.3 Å². The summed E-state index contributed by atoms with van der Waals surface area (Å²) in [6, 6.07) is 6.14. The van der Waals surface area contributed by atoms with Crippen LogP contribution in [0.15, 0.2) is 34.1 Å². The molecule has 0 amide bonds. The highest BCUT2D eigenvalue weighted by Gasteiger charge is 2.26. The van der Waals surface area contributed by atoms with E-state index in [0.717, 1.165) is 41.9 Å². The zero-order valence-electron chi connectivity index (χ0n) is 14.4. The number of benzene rings is 1. The lowest BCUT2D eigenvalue weighted by Gasteiger charge is -2.30. The molecule has 26 heavy (non-hydrogen) atoms. The molecule has 1 fully saturated rings. The molecule has 0 aliphatic carbocycles. The van der Waals surface area contributed by atoms with E-state index >= 15 is 0 Å². The third kappa shape index (κ3) is 3.54. The maximum absolute atomic E-state index is 13.3. The van der Waals surface area contributed by atoms with Crippen molar-refractivity contribution in [1.29, 1.82) is 0 Å². The first kappa shape index (κ1) is 17.3. The number of hydrogen-bond acceptors (Lipinski definition) is 5. The van der Waals surface area contributed by atoms with Crippen molar-refractivity contribution in [2.75, 3.05) is 13.1 Å². The molecular weight excluding hydrogens is 356 g/mol. The first-order valence-corrected chi connectivity index (χ1v) is 9.52. The van der Waals surface area contributed by atoms with E-state index < -0.39 is 11.6 Å². The fraction of sp³-hybridized carbons (Fsp3) is 0.368. The first-order valence-electron chi connectivity index (χ1n) is 8.64. The van der Waals surface area contributed by atoms with E-state index in [1.165, 1.54) is 12.1 Å². The van der Waals surface area contributed by atoms with E-state index in [1.54, 1.807) is 17.4 Å². The Kier molecular flexibility index (Phi) is 4.82. The molecule has 1 saturated heterocycles. The van der Waals surface area contributed by atoms with Crippen LogP contribution in [0.1, 0.15) is 35.8 Å². The maximum Gasteiger partial charge on any atom is 0.258 e. The minimum absolute atomic E-state index is 0.248. The number of aromatic nitrogens is 2. The van der Waals surface area contributed by atoms with Crippen molar-refractivity contribution >= 4 is 11.3 Å². The van der Waals surface area contributed by atoms with Gasteiger partial charge in [0, 0.05) is 12.5 Å². The Morgan fingerprint density at radius 1 is 1.15 bits per heavy atom. The lowest BCUT2D eigenvalue weighted by atomic mass is 9.96. The normalized spacial score (nSPS) is 16.3. The first-order chi connectivity index (χ1) is 12.6. The van der Waals surface area contributed by atoms with E-state index in [9.17, 15) is 8.78 Å². The van der Waals surface area contributed by atoms with Gasteiger partial charge in [0.25, 0.3) is 5.89 Å². The Hall–Kier alpha value is -2.12. The minimum atomic E-state index is -0.805. The largest absolute Gasteiger partial charge is 0.420 e. The molecule has 0 bridgehead atoms. The van der Waals surface area contributed by atoms with Crippen LogP contribution < -0.4 is 0 Å². The number of thiophene rings is 1. The van der Waals surface area contributed by atoms with Crippen LogP contribution in [0, 0.1) is 18.6 Å². The quantitative estimate of drug-likeness (QED) is 0.659. The Morgan fingerprint density at radius 3 is 2.65 bits per heavy atom. The van der Waals surface area contributed by atoms with Gasteiger partial charge in [0.05, 0.1) is 4.88 Å². The third-order valence-corrected chi connectivity index (χ3v) is 5.83. The molecular formula is C19H19F2N3OS. The van der Waals surface area contributed by atoms with Crippen LogP contribution in [0.4, 0.5) is 8.78 Å². The fourth-order valence-corrected chi connectivity index (χ4v) is 4.16. The number of aryl methyl sites for hydroxylation is 1. The molecule has 0 N–H and O–H groups in total. The average Bonchev–Trinajstić information content (AvgIpc) is 3.28. The van der Waals surface area contributed by atoms with Gasteiger partial charge in [-0.15, -0.1) is 21.5 Å². The van der Waals surface area contributed by atoms with Gasteiger partial charge in [-0.05, 0) is 67.6 Å². The summed E-state index contributed by atoms with van der Waals surface area (Å²) in [5.41, 5.74) is 1.93. The van der Waals surface area contributed by atoms with Crippen LogP contribution in [-0.2, 0) is 6.54 Å². The smallest absolute Gasteiger partial charge is 0.258 e. The van der Waals surface area contributed by atoms with E-state index in [1.807, 2.05) is 18.4 Å². The SMILES string of the molecule is Cc1ccsc1-c1nnc(C2CCN(Cc3ccc(F)c(F)c3)CC2)o1. The highest BCUT2D eigenvalue weighted by molar-refractivity contribution is 7.13. The lowest BCUT2D eigenvalue weighted by Crippen LogP contribution is -2.32. The summed E-state index contributed by atoms with van der Waals surface area (Å²) in [7, 11) is 0. The van der Waals surface area contributed by atoms with Crippen molar-refractivity contribution in [2.45, 2.75) is 32.2 Å². The summed E-state index contributed by atoms with van der Waals surface area (Å²) in [5.74, 6) is -0.0602. The molecule has 0 saturated carbocycles. The molecule has 3 aromatic rings. The summed E-state index contributed by atoms with van der Waals surface area (Å²) in [5, 5.41) is 10.5. The third-order valence-electron chi connectivity index (χ3n) is 4.82. The summed E-state index contributed by atoms with van der Waals surface area (Å²) in [6.07, 6.45) is 1.82. The van der Waals surface area contributed by atoms with Gasteiger partial charge in [0.1, 0.15) is 0 Å². The second-order valence-electron chi connectivity index (χ2n) is 6.68. The lowest BCUT2D eigenvalue weighted by molar-refractivity contribution is 0.193. The Balaban J connectivity index is 1.37. The second kappa shape index (κ2) is 7.25. The standard InChI is InChI=1S/C19H19F2N3OS/c1-12-6-9-26-17(12)19-23-22-18(25-19)14-4-7-24(8-5-14)11-13-2-3-15(20)16(21)10-13/h2-3,6,9-10,14H,4-5,7-8,11H2,1H3. The van der Waals surface area contributed by atoms with Crippen LogP contribution in [-0.4, -0.2) is 28.2 Å². The van der Waals surface area contributed by atoms with Crippen molar-refractivity contribution in [1.82, 2.24) is 15.1 Å². The minimum Gasteiger partial charge on any atom is -0.420 e. The van der Waals surface area contributed by atoms with E-state index in [-0.39, 0.29) is 5.92 Å². The highest BCUT2D eigenvalue weighted by Crippen LogP contribution is 2.32. The number of hydrogen-bond donors (Lipinski definition) is 0. The van der Waals surface area contributed by atoms with Gasteiger partial charge in [0.15, 0.2) is 11.6 Å². The molecule has 4 nitrogen and oxygen atoms in total. The molecule has 1 aromatic carbocycles. The van der Waals surface area contributed by atoms with Gasteiger partial charge in [-0.3, -0.25) is 4.90 Å². The number of piperidine rings is 1. The topological polar surface area (TPSA) is 42.2 Å². The van der Waals surface area contributed by atoms with Crippen LogP contribution >= 0.6 is 11.3 Å². The van der Waals surface area contributed by atoms with Crippen LogP contribution in [0.5, 0.6) is 0 Å². The molecule has 1 aliphatic rings. The molecule has 136 valence electrons. The molecule has 1 aliphatic heterocycles. The molecule has 0 radical (unpaired) electrons. The molecule has 7 heteroatoms. The molecule has 2 aromatic heterocycles. The van der Waals surface area contributed by atoms with Crippen molar-refractivity contribution in [3.8, 4) is 10.8 Å². The Labute approximate surface area is 154 Å². The molecule has 4 rings (SSSR count). The molecule has 0 spiro atoms. The number of nitrogens with zero attached hydrogens (tertiary/aromatic N) is 3. The predicted molar refractivity (Wildman–Crippen MR) is 96.0 cm³/mol. The Bertz CT molecular complexity index is 900. The average molecular weight is 375 g/mol. The van der Waals surface area contributed by atoms with Crippen LogP contribution in [0.3, 0.4) is 0 Å². The molecule has 0 atom stereocenters. The van der Waals surface area contributed by atoms with Gasteiger partial charge < -0.3 is 4.42 Å². The summed E-state index contributed by atoms with van der Waals surface area (Å²) in [4.78, 5) is 3.27. The Morgan fingerprint density at radius 2 is 1.96 bits per heavy atom. The fourth-order valence-electron chi connectivity index (χ4n) is 3.32. The van der Waals surface area contributed by atoms with Gasteiger partial charge in [0.2, 0.25) is 5.89 Å². The summed E-state index contributed by atoms with van der Waals surface area (Å²) < 4.78 is 32.3. The zero-order valence-corrected chi connectivity index (χ0v) is 15.2. The number of rotatable bonds is 4. The van der Waals surface area contributed by atoms with Gasteiger partial charge >= 0.3 is 0 Å². The second-order valence-corrected chi connectivity index (χ2v) is 7.59. The van der Waals surface area contributed by atoms with Gasteiger partial charge in [-0.1, -0.05) is 6.07 Å². The zero-order chi connectivity index (χ0) is 18.1. The number of halogens is 2. The maximum atomic E-state index is 13.3. The molecule has 3 heterocycles. The van der Waals surface area contributed by atoms with Crippen LogP contribution in [0.25, 0.3) is 10.8 Å². The van der Waals surface area contributed by atoms with Gasteiger partial charge in [-0.2, -0.15) is 0 Å². The molecule has 0 unspecified atom stereocenters. The van der Waals surface area contributed by atoms with Crippen molar-refractivity contribution in [2.24, 2.45) is 0 Å². The van der Waals surface area contributed by atoms with E-state index in [0.29, 0.717) is 18.3 Å². The summed E-state index contributed by atoms with van der Waals surface area (Å²) in [6.45, 7) is 4.37. The van der Waals surface area contributed by atoms with Crippen molar-refractivity contribution < 1.29 is 13.2 Å². The monoisotopic (exact) mass is 375 g/mol. The number of likely N-dealkylation sites (tertiary alicyclic amines) is 1. The highest BCUT2D eigenvalue weighted by atomic mass is 32.1. The van der Waals surface area contributed by atoms with E-state index in [4.69, 9.17) is 4.42 Å².